The maximum absolute atomic E-state index is 11.7. The van der Waals surface area contributed by atoms with Crippen molar-refractivity contribution in [2.45, 2.75) is 45.0 Å². The van der Waals surface area contributed by atoms with Crippen LogP contribution < -0.4 is 0 Å². The minimum atomic E-state index is -0.504. The minimum Gasteiger partial charge on any atom is -0.455 e. The fourth-order valence-electron chi connectivity index (χ4n) is 2.53. The lowest BCUT2D eigenvalue weighted by Gasteiger charge is -2.30. The monoisotopic (exact) mass is 306 g/mol. The summed E-state index contributed by atoms with van der Waals surface area (Å²) in [6, 6.07) is 0. The van der Waals surface area contributed by atoms with Gasteiger partial charge in [0.25, 0.3) is 0 Å². The summed E-state index contributed by atoms with van der Waals surface area (Å²) in [5.74, 6) is -1.02. The third-order valence-electron chi connectivity index (χ3n) is 3.56. The highest BCUT2D eigenvalue weighted by atomic mass is 16.7. The minimum absolute atomic E-state index is 0.0762. The van der Waals surface area contributed by atoms with Gasteiger partial charge in [-0.05, 0) is 38.0 Å². The van der Waals surface area contributed by atoms with Crippen LogP contribution in [0.2, 0.25) is 0 Å². The maximum Gasteiger partial charge on any atom is 0.331 e. The first-order chi connectivity index (χ1) is 10.5. The van der Waals surface area contributed by atoms with Crippen molar-refractivity contribution in [3.8, 4) is 0 Å². The van der Waals surface area contributed by atoms with Crippen LogP contribution in [0.1, 0.15) is 33.1 Å². The van der Waals surface area contributed by atoms with Crippen LogP contribution in [0.3, 0.4) is 0 Å². The Morgan fingerprint density at radius 1 is 1.32 bits per heavy atom. The van der Waals surface area contributed by atoms with Crippen molar-refractivity contribution in [3.63, 3.8) is 0 Å². The van der Waals surface area contributed by atoms with E-state index in [1.54, 1.807) is 19.1 Å². The Morgan fingerprint density at radius 3 is 2.73 bits per heavy atom. The molecular weight excluding hydrogens is 284 g/mol. The summed E-state index contributed by atoms with van der Waals surface area (Å²) in [6.45, 7) is 4.40. The van der Waals surface area contributed by atoms with E-state index >= 15 is 0 Å². The van der Waals surface area contributed by atoms with Crippen molar-refractivity contribution in [2.75, 3.05) is 13.2 Å². The van der Waals surface area contributed by atoms with E-state index in [1.165, 1.54) is 19.1 Å². The third-order valence-corrected chi connectivity index (χ3v) is 3.56. The van der Waals surface area contributed by atoms with Crippen LogP contribution in [-0.2, 0) is 23.8 Å². The molecule has 0 amide bonds. The summed E-state index contributed by atoms with van der Waals surface area (Å²) < 4.78 is 16.5. The van der Waals surface area contributed by atoms with Crippen LogP contribution >= 0.6 is 0 Å². The topological polar surface area (TPSA) is 61.8 Å². The van der Waals surface area contributed by atoms with Crippen molar-refractivity contribution >= 4 is 11.8 Å². The number of carbonyl (C=O) groups excluding carboxylic acids is 2. The zero-order valence-electron chi connectivity index (χ0n) is 13.0. The molecule has 22 heavy (non-hydrogen) atoms. The molecule has 0 radical (unpaired) electrons. The molecular formula is C17H22O5. The highest BCUT2D eigenvalue weighted by Crippen LogP contribution is 2.36. The molecule has 1 atom stereocenters. The van der Waals surface area contributed by atoms with E-state index in [0.717, 1.165) is 18.4 Å². The summed E-state index contributed by atoms with van der Waals surface area (Å²) in [6.07, 6.45) is 10.1. The lowest BCUT2D eigenvalue weighted by molar-refractivity contribution is -0.162. The van der Waals surface area contributed by atoms with Gasteiger partial charge in [-0.2, -0.15) is 0 Å². The molecule has 5 heteroatoms. The second kappa shape index (κ2) is 7.51. The predicted octanol–water partition coefficient (Wildman–Crippen LogP) is 2.47. The molecule has 1 aliphatic carbocycles. The van der Waals surface area contributed by atoms with E-state index in [4.69, 9.17) is 14.2 Å². The largest absolute Gasteiger partial charge is 0.455 e. The molecule has 120 valence electrons. The first-order valence-corrected chi connectivity index (χ1v) is 7.53. The summed E-state index contributed by atoms with van der Waals surface area (Å²) in [7, 11) is 0. The molecule has 1 saturated heterocycles. The first kappa shape index (κ1) is 16.6. The summed E-state index contributed by atoms with van der Waals surface area (Å²) in [5, 5.41) is 0. The second-order valence-corrected chi connectivity index (χ2v) is 5.55. The average Bonchev–Trinajstić information content (AvgIpc) is 2.91. The van der Waals surface area contributed by atoms with Crippen LogP contribution in [0.25, 0.3) is 0 Å². The molecule has 1 aliphatic heterocycles. The lowest BCUT2D eigenvalue weighted by atomic mass is 9.93. The van der Waals surface area contributed by atoms with Gasteiger partial charge in [0.2, 0.25) is 0 Å². The van der Waals surface area contributed by atoms with Gasteiger partial charge >= 0.3 is 5.97 Å². The zero-order valence-corrected chi connectivity index (χ0v) is 13.0. The van der Waals surface area contributed by atoms with E-state index < -0.39 is 17.9 Å². The van der Waals surface area contributed by atoms with Gasteiger partial charge in [0.1, 0.15) is 6.10 Å². The predicted molar refractivity (Wildman–Crippen MR) is 81.1 cm³/mol. The van der Waals surface area contributed by atoms with Crippen molar-refractivity contribution in [2.24, 2.45) is 0 Å². The molecule has 1 spiro atoms. The van der Waals surface area contributed by atoms with Crippen molar-refractivity contribution in [1.29, 1.82) is 0 Å². The highest BCUT2D eigenvalue weighted by molar-refractivity contribution is 5.87. The number of rotatable bonds is 5. The Morgan fingerprint density at radius 2 is 2.05 bits per heavy atom. The quantitative estimate of drug-likeness (QED) is 0.577. The van der Waals surface area contributed by atoms with E-state index in [1.807, 2.05) is 0 Å². The fraction of sp³-hybridized carbons (Fsp3) is 0.529. The Bertz CT molecular complexity index is 509. The maximum atomic E-state index is 11.7. The van der Waals surface area contributed by atoms with Crippen molar-refractivity contribution in [1.82, 2.24) is 0 Å². The standard InChI is InChI=1S/C17H22O5/c1-13(18)5-6-14(2)22-16(19)8-7-15-4-3-9-17(12-15)20-10-11-21-17/h4-8,14H,3,9-12H2,1-2H3/b6-5-,8-7+/t14-/m1/s1. The average molecular weight is 306 g/mol. The molecule has 0 saturated carbocycles. The van der Waals surface area contributed by atoms with Gasteiger partial charge in [-0.15, -0.1) is 0 Å². The zero-order chi connectivity index (χ0) is 16.0. The van der Waals surface area contributed by atoms with Gasteiger partial charge in [0.05, 0.1) is 13.2 Å². The van der Waals surface area contributed by atoms with Crippen LogP contribution in [0, 0.1) is 0 Å². The number of hydrogen-bond donors (Lipinski definition) is 0. The molecule has 0 N–H and O–H groups in total. The van der Waals surface area contributed by atoms with Gasteiger partial charge in [0, 0.05) is 18.9 Å². The van der Waals surface area contributed by atoms with Gasteiger partial charge < -0.3 is 14.2 Å². The first-order valence-electron chi connectivity index (χ1n) is 7.53. The highest BCUT2D eigenvalue weighted by Gasteiger charge is 2.38. The molecule has 0 bridgehead atoms. The van der Waals surface area contributed by atoms with Crippen LogP contribution in [0.15, 0.2) is 36.0 Å². The van der Waals surface area contributed by atoms with Gasteiger partial charge in [-0.1, -0.05) is 12.2 Å². The van der Waals surface area contributed by atoms with E-state index in [-0.39, 0.29) is 5.78 Å². The van der Waals surface area contributed by atoms with E-state index in [9.17, 15) is 9.59 Å². The number of ether oxygens (including phenoxy) is 3. The van der Waals surface area contributed by atoms with E-state index in [0.29, 0.717) is 19.6 Å². The Balaban J connectivity index is 1.84. The fourth-order valence-corrected chi connectivity index (χ4v) is 2.53. The number of carbonyl (C=O) groups is 2. The molecule has 0 aromatic rings. The SMILES string of the molecule is CC(=O)/C=C\[C@@H](C)OC(=O)/C=C/C1=CCCC2(C1)OCCO2. The molecule has 0 unspecified atom stereocenters. The Hall–Kier alpha value is -1.72. The number of allylic oxidation sites excluding steroid dienone is 3. The number of ketones is 1. The normalized spacial score (nSPS) is 22.2. The molecule has 5 nitrogen and oxygen atoms in total. The molecule has 1 fully saturated rings. The van der Waals surface area contributed by atoms with Crippen molar-refractivity contribution in [3.05, 3.63) is 36.0 Å². The molecule has 2 rings (SSSR count). The van der Waals surface area contributed by atoms with Gasteiger partial charge in [0.15, 0.2) is 11.6 Å². The van der Waals surface area contributed by atoms with Crippen LogP contribution in [0.4, 0.5) is 0 Å². The number of esters is 1. The van der Waals surface area contributed by atoms with Crippen LogP contribution in [0.5, 0.6) is 0 Å². The second-order valence-electron chi connectivity index (χ2n) is 5.55. The summed E-state index contributed by atoms with van der Waals surface area (Å²) in [5.41, 5.74) is 1.01. The van der Waals surface area contributed by atoms with Gasteiger partial charge in [-0.25, -0.2) is 4.79 Å². The van der Waals surface area contributed by atoms with Gasteiger partial charge in [-0.3, -0.25) is 4.79 Å². The number of hydrogen-bond acceptors (Lipinski definition) is 5. The molecule has 0 aromatic heterocycles. The van der Waals surface area contributed by atoms with Crippen molar-refractivity contribution < 1.29 is 23.8 Å². The van der Waals surface area contributed by atoms with E-state index in [2.05, 4.69) is 6.08 Å². The lowest BCUT2D eigenvalue weighted by Crippen LogP contribution is -2.32. The molecule has 2 aliphatic rings. The van der Waals surface area contributed by atoms with Crippen LogP contribution in [-0.4, -0.2) is 36.9 Å². The molecule has 0 aromatic carbocycles. The summed E-state index contributed by atoms with van der Waals surface area (Å²) in [4.78, 5) is 22.6. The Labute approximate surface area is 130 Å². The molecule has 1 heterocycles. The smallest absolute Gasteiger partial charge is 0.331 e. The third kappa shape index (κ3) is 4.93. The summed E-state index contributed by atoms with van der Waals surface area (Å²) >= 11 is 0. The Kier molecular flexibility index (Phi) is 5.69.